The van der Waals surface area contributed by atoms with Crippen molar-refractivity contribution in [1.82, 2.24) is 24.7 Å². The molecule has 3 saturated heterocycles. The fraction of sp³-hybridized carbons (Fsp3) is 0.722. The summed E-state index contributed by atoms with van der Waals surface area (Å²) < 4.78 is 0. The second-order valence-corrected chi connectivity index (χ2v) is 7.53. The Morgan fingerprint density at radius 3 is 2.31 bits per heavy atom. The van der Waals surface area contributed by atoms with Crippen molar-refractivity contribution in [2.75, 3.05) is 63.8 Å². The zero-order chi connectivity index (χ0) is 17.9. The third kappa shape index (κ3) is 3.97. The molecule has 26 heavy (non-hydrogen) atoms. The molecule has 0 spiro atoms. The average Bonchev–Trinajstić information content (AvgIpc) is 2.67. The van der Waals surface area contributed by atoms with E-state index in [9.17, 15) is 9.90 Å². The minimum Gasteiger partial charge on any atom is -0.390 e. The second-order valence-electron chi connectivity index (χ2n) is 7.53. The summed E-state index contributed by atoms with van der Waals surface area (Å²) in [6.45, 7) is 7.24. The fourth-order valence-electron chi connectivity index (χ4n) is 4.12. The number of anilines is 1. The molecule has 142 valence electrons. The lowest BCUT2D eigenvalue weighted by Crippen LogP contribution is -2.58. The summed E-state index contributed by atoms with van der Waals surface area (Å²) in [6.07, 6.45) is 5.44. The Kier molecular flexibility index (Phi) is 5.33. The van der Waals surface area contributed by atoms with Crippen molar-refractivity contribution < 1.29 is 9.90 Å². The van der Waals surface area contributed by atoms with Gasteiger partial charge in [-0.3, -0.25) is 14.6 Å². The Morgan fingerprint density at radius 2 is 1.69 bits per heavy atom. The van der Waals surface area contributed by atoms with Crippen LogP contribution in [0.25, 0.3) is 0 Å². The molecule has 0 atom stereocenters. The largest absolute Gasteiger partial charge is 0.390 e. The van der Waals surface area contributed by atoms with Crippen molar-refractivity contribution >= 4 is 11.9 Å². The highest BCUT2D eigenvalue weighted by atomic mass is 16.3. The van der Waals surface area contributed by atoms with E-state index >= 15 is 0 Å². The van der Waals surface area contributed by atoms with Crippen LogP contribution >= 0.6 is 0 Å². The number of piperidine rings is 1. The van der Waals surface area contributed by atoms with Crippen molar-refractivity contribution in [2.45, 2.75) is 25.0 Å². The molecule has 1 aromatic heterocycles. The van der Waals surface area contributed by atoms with Crippen LogP contribution in [0.5, 0.6) is 0 Å². The number of likely N-dealkylation sites (tertiary alicyclic amines) is 2. The molecule has 1 aromatic rings. The maximum Gasteiger partial charge on any atom is 0.236 e. The normalized spacial score (nSPS) is 23.9. The van der Waals surface area contributed by atoms with E-state index in [0.717, 1.165) is 71.1 Å². The summed E-state index contributed by atoms with van der Waals surface area (Å²) in [5.74, 6) is 1.02. The Bertz CT molecular complexity index is 593. The van der Waals surface area contributed by atoms with Crippen LogP contribution in [-0.4, -0.2) is 107 Å². The van der Waals surface area contributed by atoms with Gasteiger partial charge < -0.3 is 14.9 Å². The topological polar surface area (TPSA) is 76.0 Å². The summed E-state index contributed by atoms with van der Waals surface area (Å²) in [5, 5.41) is 9.44. The summed E-state index contributed by atoms with van der Waals surface area (Å²) in [5.41, 5.74) is 0. The zero-order valence-corrected chi connectivity index (χ0v) is 15.2. The highest BCUT2D eigenvalue weighted by Gasteiger charge is 2.34. The Morgan fingerprint density at radius 1 is 1.04 bits per heavy atom. The van der Waals surface area contributed by atoms with Gasteiger partial charge in [0, 0.05) is 70.8 Å². The van der Waals surface area contributed by atoms with Gasteiger partial charge in [0.05, 0.1) is 12.6 Å². The van der Waals surface area contributed by atoms with Gasteiger partial charge in [0.25, 0.3) is 0 Å². The molecular weight excluding hydrogens is 332 g/mol. The van der Waals surface area contributed by atoms with Crippen LogP contribution in [0.3, 0.4) is 0 Å². The number of amides is 1. The number of β-amino-alcohol motifs (C(OH)–C–C–N with tert-alkyl or cyclic N) is 1. The van der Waals surface area contributed by atoms with Gasteiger partial charge in [-0.05, 0) is 18.9 Å². The Balaban J connectivity index is 1.19. The molecule has 3 aliphatic heterocycles. The molecule has 8 heteroatoms. The summed E-state index contributed by atoms with van der Waals surface area (Å²) in [6, 6.07) is 2.36. The van der Waals surface area contributed by atoms with Gasteiger partial charge in [-0.2, -0.15) is 0 Å². The second kappa shape index (κ2) is 7.85. The number of carbonyl (C=O) groups excluding carboxylic acids is 1. The third-order valence-corrected chi connectivity index (χ3v) is 5.79. The predicted octanol–water partition coefficient (Wildman–Crippen LogP) is -0.734. The van der Waals surface area contributed by atoms with E-state index in [2.05, 4.69) is 24.7 Å². The first-order valence-electron chi connectivity index (χ1n) is 9.63. The van der Waals surface area contributed by atoms with Crippen LogP contribution in [0.2, 0.25) is 0 Å². The lowest BCUT2D eigenvalue weighted by Gasteiger charge is -2.45. The lowest BCUT2D eigenvalue weighted by atomic mass is 9.98. The van der Waals surface area contributed by atoms with Crippen LogP contribution in [0.15, 0.2) is 18.5 Å². The number of hydrogen-bond donors (Lipinski definition) is 1. The molecule has 3 fully saturated rings. The monoisotopic (exact) mass is 360 g/mol. The lowest BCUT2D eigenvalue weighted by molar-refractivity contribution is -0.135. The molecule has 0 saturated carbocycles. The number of hydrogen-bond acceptors (Lipinski definition) is 7. The van der Waals surface area contributed by atoms with Crippen molar-refractivity contribution in [1.29, 1.82) is 0 Å². The summed E-state index contributed by atoms with van der Waals surface area (Å²) in [4.78, 5) is 30.0. The molecule has 4 rings (SSSR count). The van der Waals surface area contributed by atoms with Gasteiger partial charge in [0.2, 0.25) is 11.9 Å². The number of aliphatic hydroxyl groups excluding tert-OH is 1. The smallest absolute Gasteiger partial charge is 0.236 e. The Labute approximate surface area is 154 Å². The van der Waals surface area contributed by atoms with Gasteiger partial charge >= 0.3 is 0 Å². The van der Waals surface area contributed by atoms with Gasteiger partial charge in [-0.25, -0.2) is 9.97 Å². The molecular formula is C18H28N6O2. The maximum atomic E-state index is 12.6. The Hall–Kier alpha value is -1.77. The van der Waals surface area contributed by atoms with E-state index in [1.807, 2.05) is 11.0 Å². The molecule has 4 heterocycles. The van der Waals surface area contributed by atoms with E-state index < -0.39 is 0 Å². The molecule has 0 aromatic carbocycles. The van der Waals surface area contributed by atoms with E-state index in [-0.39, 0.29) is 12.0 Å². The first-order chi connectivity index (χ1) is 12.7. The van der Waals surface area contributed by atoms with Gasteiger partial charge in [0.15, 0.2) is 0 Å². The number of rotatable bonds is 4. The molecule has 1 N–H and O–H groups in total. The van der Waals surface area contributed by atoms with E-state index in [1.165, 1.54) is 0 Å². The van der Waals surface area contributed by atoms with Gasteiger partial charge in [-0.1, -0.05) is 0 Å². The molecule has 1 amide bonds. The van der Waals surface area contributed by atoms with Crippen molar-refractivity contribution in [3.05, 3.63) is 18.5 Å². The van der Waals surface area contributed by atoms with Crippen LogP contribution in [0, 0.1) is 0 Å². The van der Waals surface area contributed by atoms with Gasteiger partial charge in [0.1, 0.15) is 0 Å². The number of piperazine rings is 1. The van der Waals surface area contributed by atoms with Gasteiger partial charge in [-0.15, -0.1) is 0 Å². The van der Waals surface area contributed by atoms with E-state index in [0.29, 0.717) is 12.6 Å². The molecule has 0 radical (unpaired) electrons. The standard InChI is InChI=1S/C18H28N6O2/c25-16-12-24(13-16)15-2-6-22(7-3-15)17(26)14-21-8-10-23(11-9-21)18-19-4-1-5-20-18/h1,4-5,15-16,25H,2-3,6-14H2. The first kappa shape index (κ1) is 17.6. The number of aromatic nitrogens is 2. The van der Waals surface area contributed by atoms with Crippen molar-refractivity contribution in [2.24, 2.45) is 0 Å². The fourth-order valence-corrected chi connectivity index (χ4v) is 4.12. The van der Waals surface area contributed by atoms with Crippen molar-refractivity contribution in [3.8, 4) is 0 Å². The maximum absolute atomic E-state index is 12.6. The van der Waals surface area contributed by atoms with Crippen LogP contribution in [0.1, 0.15) is 12.8 Å². The quantitative estimate of drug-likeness (QED) is 0.758. The zero-order valence-electron chi connectivity index (χ0n) is 15.2. The third-order valence-electron chi connectivity index (χ3n) is 5.79. The van der Waals surface area contributed by atoms with Crippen LogP contribution < -0.4 is 4.90 Å². The minimum atomic E-state index is -0.144. The van der Waals surface area contributed by atoms with Crippen LogP contribution in [-0.2, 0) is 4.79 Å². The highest BCUT2D eigenvalue weighted by Crippen LogP contribution is 2.22. The number of nitrogens with zero attached hydrogens (tertiary/aromatic N) is 6. The SMILES string of the molecule is O=C(CN1CCN(c2ncccn2)CC1)N1CCC(N2CC(O)C2)CC1. The van der Waals surface area contributed by atoms with E-state index in [4.69, 9.17) is 0 Å². The summed E-state index contributed by atoms with van der Waals surface area (Å²) >= 11 is 0. The summed E-state index contributed by atoms with van der Waals surface area (Å²) in [7, 11) is 0. The highest BCUT2D eigenvalue weighted by molar-refractivity contribution is 5.78. The predicted molar refractivity (Wildman–Crippen MR) is 97.9 cm³/mol. The van der Waals surface area contributed by atoms with E-state index in [1.54, 1.807) is 12.4 Å². The molecule has 8 nitrogen and oxygen atoms in total. The molecule has 0 aliphatic carbocycles. The molecule has 0 bridgehead atoms. The minimum absolute atomic E-state index is 0.144. The average molecular weight is 360 g/mol. The molecule has 0 unspecified atom stereocenters. The molecule has 3 aliphatic rings. The first-order valence-corrected chi connectivity index (χ1v) is 9.63. The van der Waals surface area contributed by atoms with Crippen molar-refractivity contribution in [3.63, 3.8) is 0 Å². The van der Waals surface area contributed by atoms with Crippen LogP contribution in [0.4, 0.5) is 5.95 Å². The number of aliphatic hydroxyl groups is 1. The number of carbonyl (C=O) groups is 1.